The molecule has 1 heterocycles. The zero-order valence-electron chi connectivity index (χ0n) is 16.0. The lowest BCUT2D eigenvalue weighted by Gasteiger charge is -2.32. The predicted molar refractivity (Wildman–Crippen MR) is 106 cm³/mol. The van der Waals surface area contributed by atoms with Gasteiger partial charge < -0.3 is 15.1 Å². The van der Waals surface area contributed by atoms with Gasteiger partial charge in [-0.25, -0.2) is 12.8 Å². The molecule has 29 heavy (non-hydrogen) atoms. The van der Waals surface area contributed by atoms with Gasteiger partial charge in [0.05, 0.1) is 31.1 Å². The van der Waals surface area contributed by atoms with Crippen LogP contribution in [0.5, 0.6) is 0 Å². The van der Waals surface area contributed by atoms with Gasteiger partial charge in [0.15, 0.2) is 16.4 Å². The van der Waals surface area contributed by atoms with Gasteiger partial charge in [0.2, 0.25) is 0 Å². The molecule has 0 aliphatic carbocycles. The van der Waals surface area contributed by atoms with Crippen LogP contribution >= 0.6 is 0 Å². The zero-order valence-corrected chi connectivity index (χ0v) is 16.8. The van der Waals surface area contributed by atoms with E-state index in [4.69, 9.17) is 0 Å². The van der Waals surface area contributed by atoms with E-state index in [0.29, 0.717) is 37.4 Å². The Kier molecular flexibility index (Phi) is 6.29. The summed E-state index contributed by atoms with van der Waals surface area (Å²) in [4.78, 5) is 27.7. The third-order valence-corrected chi connectivity index (χ3v) is 5.92. The van der Waals surface area contributed by atoms with Crippen molar-refractivity contribution >= 4 is 27.3 Å². The minimum Gasteiger partial charge on any atom is -0.327 e. The zero-order chi connectivity index (χ0) is 21.0. The lowest BCUT2D eigenvalue weighted by molar-refractivity contribution is -0.895. The number of hydrogen-bond acceptors (Lipinski definition) is 4. The van der Waals surface area contributed by atoms with Gasteiger partial charge in [-0.1, -0.05) is 6.07 Å². The maximum Gasteiger partial charge on any atom is 0.279 e. The van der Waals surface area contributed by atoms with Gasteiger partial charge in [-0.15, -0.1) is 0 Å². The van der Waals surface area contributed by atoms with Gasteiger partial charge in [0.1, 0.15) is 5.82 Å². The fraction of sp³-hybridized carbons (Fsp3) is 0.300. The number of amides is 2. The number of hydrogen-bond donors (Lipinski definition) is 2. The van der Waals surface area contributed by atoms with Gasteiger partial charge in [-0.3, -0.25) is 9.59 Å². The highest BCUT2D eigenvalue weighted by Crippen LogP contribution is 2.13. The summed E-state index contributed by atoms with van der Waals surface area (Å²) in [7, 11) is -3.38. The monoisotopic (exact) mass is 420 g/mol. The molecule has 2 amide bonds. The molecule has 0 saturated carbocycles. The smallest absolute Gasteiger partial charge is 0.279 e. The van der Waals surface area contributed by atoms with E-state index >= 15 is 0 Å². The normalized spacial score (nSPS) is 15.2. The molecular weight excluding hydrogens is 397 g/mol. The number of sulfone groups is 1. The molecule has 2 aromatic carbocycles. The molecule has 3 rings (SSSR count). The number of quaternary nitrogens is 1. The second kappa shape index (κ2) is 8.71. The van der Waals surface area contributed by atoms with Crippen LogP contribution in [0.1, 0.15) is 10.4 Å². The summed E-state index contributed by atoms with van der Waals surface area (Å²) in [5.74, 6) is -0.756. The van der Waals surface area contributed by atoms with Crippen molar-refractivity contribution in [2.45, 2.75) is 4.90 Å². The van der Waals surface area contributed by atoms with Crippen molar-refractivity contribution in [3.8, 4) is 0 Å². The number of nitrogens with zero attached hydrogens (tertiary/aromatic N) is 1. The highest BCUT2D eigenvalue weighted by Gasteiger charge is 2.26. The lowest BCUT2D eigenvalue weighted by Crippen LogP contribution is -3.15. The van der Waals surface area contributed by atoms with E-state index < -0.39 is 9.84 Å². The average Bonchev–Trinajstić information content (AvgIpc) is 2.69. The highest BCUT2D eigenvalue weighted by atomic mass is 32.2. The molecule has 0 aromatic heterocycles. The molecule has 1 aliphatic rings. The predicted octanol–water partition coefficient (Wildman–Crippen LogP) is 0.209. The van der Waals surface area contributed by atoms with Crippen molar-refractivity contribution in [1.29, 1.82) is 0 Å². The molecule has 7 nitrogen and oxygen atoms in total. The Labute approximate surface area is 169 Å². The summed E-state index contributed by atoms with van der Waals surface area (Å²) in [6, 6.07) is 11.6. The summed E-state index contributed by atoms with van der Waals surface area (Å²) < 4.78 is 36.3. The molecular formula is C20H23FN3O4S+. The Morgan fingerprint density at radius 2 is 1.76 bits per heavy atom. The second-order valence-corrected chi connectivity index (χ2v) is 9.09. The van der Waals surface area contributed by atoms with Crippen molar-refractivity contribution in [2.75, 3.05) is 44.3 Å². The number of anilines is 1. The van der Waals surface area contributed by atoms with Crippen LogP contribution in [0.15, 0.2) is 53.4 Å². The number of carbonyl (C=O) groups excluding carboxylic acids is 2. The molecule has 0 atom stereocenters. The summed E-state index contributed by atoms with van der Waals surface area (Å²) in [6.45, 7) is 2.41. The maximum absolute atomic E-state index is 12.9. The molecule has 1 aliphatic heterocycles. The van der Waals surface area contributed by atoms with E-state index in [1.165, 1.54) is 36.4 Å². The first-order chi connectivity index (χ1) is 13.7. The third kappa shape index (κ3) is 5.61. The van der Waals surface area contributed by atoms with Crippen molar-refractivity contribution in [1.82, 2.24) is 4.90 Å². The first-order valence-electron chi connectivity index (χ1n) is 9.21. The molecule has 2 aromatic rings. The Morgan fingerprint density at radius 3 is 2.38 bits per heavy atom. The fourth-order valence-electron chi connectivity index (χ4n) is 3.21. The summed E-state index contributed by atoms with van der Waals surface area (Å²) in [6.07, 6.45) is 1.11. The van der Waals surface area contributed by atoms with Gasteiger partial charge in [0.25, 0.3) is 11.8 Å². The maximum atomic E-state index is 12.9. The quantitative estimate of drug-likeness (QED) is 0.724. The Hall–Kier alpha value is -2.78. The van der Waals surface area contributed by atoms with Crippen molar-refractivity contribution in [2.24, 2.45) is 0 Å². The molecule has 0 unspecified atom stereocenters. The largest absolute Gasteiger partial charge is 0.327 e. The number of benzene rings is 2. The van der Waals surface area contributed by atoms with Crippen LogP contribution in [0.3, 0.4) is 0 Å². The van der Waals surface area contributed by atoms with Crippen LogP contribution in [0, 0.1) is 5.82 Å². The first kappa shape index (κ1) is 20.9. The molecule has 9 heteroatoms. The van der Waals surface area contributed by atoms with Crippen LogP contribution in [-0.2, 0) is 14.6 Å². The molecule has 0 bridgehead atoms. The van der Waals surface area contributed by atoms with E-state index in [1.54, 1.807) is 17.0 Å². The lowest BCUT2D eigenvalue weighted by atomic mass is 10.2. The topological polar surface area (TPSA) is 88.0 Å². The number of nitrogens with one attached hydrogen (secondary N) is 2. The van der Waals surface area contributed by atoms with Crippen LogP contribution in [0.25, 0.3) is 0 Å². The van der Waals surface area contributed by atoms with Crippen LogP contribution in [0.4, 0.5) is 10.1 Å². The fourth-order valence-corrected chi connectivity index (χ4v) is 3.88. The van der Waals surface area contributed by atoms with Crippen molar-refractivity contribution in [3.05, 3.63) is 59.9 Å². The van der Waals surface area contributed by atoms with E-state index in [-0.39, 0.29) is 29.1 Å². The minimum absolute atomic E-state index is 0.116. The van der Waals surface area contributed by atoms with Crippen molar-refractivity contribution < 1.29 is 27.3 Å². The number of carbonyl (C=O) groups is 2. The summed E-state index contributed by atoms with van der Waals surface area (Å²) in [5.41, 5.74) is 0.876. The second-order valence-electron chi connectivity index (χ2n) is 7.07. The highest BCUT2D eigenvalue weighted by molar-refractivity contribution is 7.90. The third-order valence-electron chi connectivity index (χ3n) is 4.81. The van der Waals surface area contributed by atoms with Gasteiger partial charge in [0, 0.05) is 17.5 Å². The van der Waals surface area contributed by atoms with Crippen molar-refractivity contribution in [3.63, 3.8) is 0 Å². The first-order valence-corrected chi connectivity index (χ1v) is 11.1. The number of piperazine rings is 1. The molecule has 2 N–H and O–H groups in total. The standard InChI is InChI=1S/C20H22FN3O4S/c1-29(27,28)18-4-2-3-15(13-18)20(26)24-11-9-23(10-12-24)14-19(25)22-17-7-5-16(21)6-8-17/h2-8,13H,9-12,14H2,1H3,(H,22,25)/p+1. The van der Waals surface area contributed by atoms with Gasteiger partial charge in [-0.2, -0.15) is 0 Å². The summed E-state index contributed by atoms with van der Waals surface area (Å²) in [5, 5.41) is 2.73. The number of halogens is 1. The van der Waals surface area contributed by atoms with E-state index in [1.807, 2.05) is 0 Å². The van der Waals surface area contributed by atoms with Gasteiger partial charge >= 0.3 is 0 Å². The SMILES string of the molecule is CS(=O)(=O)c1cccc(C(=O)N2CC[NH+](CC(=O)Nc3ccc(F)cc3)CC2)c1. The number of rotatable bonds is 5. The Bertz CT molecular complexity index is 1000. The van der Waals surface area contributed by atoms with E-state index in [0.717, 1.165) is 11.2 Å². The van der Waals surface area contributed by atoms with Crippen LogP contribution in [-0.4, -0.2) is 64.1 Å². The van der Waals surface area contributed by atoms with E-state index in [2.05, 4.69) is 5.32 Å². The molecule has 0 spiro atoms. The Balaban J connectivity index is 1.53. The molecule has 0 radical (unpaired) electrons. The Morgan fingerprint density at radius 1 is 1.10 bits per heavy atom. The van der Waals surface area contributed by atoms with Crippen LogP contribution in [0.2, 0.25) is 0 Å². The molecule has 1 saturated heterocycles. The average molecular weight is 420 g/mol. The molecule has 1 fully saturated rings. The minimum atomic E-state index is -3.38. The van der Waals surface area contributed by atoms with Crippen LogP contribution < -0.4 is 10.2 Å². The summed E-state index contributed by atoms with van der Waals surface area (Å²) >= 11 is 0. The van der Waals surface area contributed by atoms with E-state index in [9.17, 15) is 22.4 Å². The van der Waals surface area contributed by atoms with Gasteiger partial charge in [-0.05, 0) is 42.5 Å². The molecule has 154 valence electrons.